The molecule has 0 aliphatic carbocycles. The van der Waals surface area contributed by atoms with Crippen LogP contribution in [0.5, 0.6) is 5.75 Å². The van der Waals surface area contributed by atoms with Crippen LogP contribution in [-0.4, -0.2) is 40.1 Å². The number of hydrogen-bond donors (Lipinski definition) is 2. The standard InChI is InChI=1S/C25H26BrN3O5S/c1-3-29(19-13-15-20(34-2)16-14-19)24(30)22(17-18-9-5-4-6-10-18)27-25(31)28-35(32,33)23-12-8-7-11-21(23)26/h4-16,22H,3,17H2,1-2H3,(H2,27,28,31). The number of hydrogen-bond acceptors (Lipinski definition) is 5. The Morgan fingerprint density at radius 2 is 1.60 bits per heavy atom. The highest BCUT2D eigenvalue weighted by Crippen LogP contribution is 2.22. The Bertz CT molecular complexity index is 1270. The van der Waals surface area contributed by atoms with E-state index < -0.39 is 22.1 Å². The monoisotopic (exact) mass is 559 g/mol. The number of amides is 3. The van der Waals surface area contributed by atoms with E-state index in [4.69, 9.17) is 4.74 Å². The van der Waals surface area contributed by atoms with Gasteiger partial charge in [-0.3, -0.25) is 4.79 Å². The van der Waals surface area contributed by atoms with Crippen molar-refractivity contribution in [2.75, 3.05) is 18.6 Å². The number of methoxy groups -OCH3 is 1. The van der Waals surface area contributed by atoms with Crippen molar-refractivity contribution in [2.24, 2.45) is 0 Å². The van der Waals surface area contributed by atoms with Gasteiger partial charge in [0.05, 0.1) is 7.11 Å². The van der Waals surface area contributed by atoms with Crippen LogP contribution in [0.1, 0.15) is 12.5 Å². The lowest BCUT2D eigenvalue weighted by molar-refractivity contribution is -0.120. The molecule has 3 rings (SSSR count). The zero-order chi connectivity index (χ0) is 25.4. The van der Waals surface area contributed by atoms with E-state index in [1.54, 1.807) is 49.6 Å². The van der Waals surface area contributed by atoms with Crippen LogP contribution in [0.2, 0.25) is 0 Å². The molecule has 0 saturated heterocycles. The van der Waals surface area contributed by atoms with Gasteiger partial charge < -0.3 is 15.0 Å². The molecular formula is C25H26BrN3O5S. The van der Waals surface area contributed by atoms with E-state index in [-0.39, 0.29) is 17.2 Å². The number of carbonyl (C=O) groups is 2. The summed E-state index contributed by atoms with van der Waals surface area (Å²) in [6.45, 7) is 2.16. The lowest BCUT2D eigenvalue weighted by Gasteiger charge is -2.27. The normalized spacial score (nSPS) is 11.9. The number of anilines is 1. The minimum Gasteiger partial charge on any atom is -0.497 e. The van der Waals surface area contributed by atoms with Crippen LogP contribution in [0, 0.1) is 0 Å². The van der Waals surface area contributed by atoms with Crippen molar-refractivity contribution in [3.63, 3.8) is 0 Å². The highest BCUT2D eigenvalue weighted by atomic mass is 79.9. The molecule has 3 aromatic rings. The minimum absolute atomic E-state index is 0.0884. The average molecular weight is 560 g/mol. The van der Waals surface area contributed by atoms with Crippen molar-refractivity contribution >= 4 is 43.6 Å². The number of carbonyl (C=O) groups excluding carboxylic acids is 2. The number of nitrogens with zero attached hydrogens (tertiary/aromatic N) is 1. The first-order valence-electron chi connectivity index (χ1n) is 10.8. The summed E-state index contributed by atoms with van der Waals surface area (Å²) >= 11 is 3.18. The molecule has 0 heterocycles. The van der Waals surface area contributed by atoms with Gasteiger partial charge in [-0.2, -0.15) is 0 Å². The first kappa shape index (κ1) is 26.2. The van der Waals surface area contributed by atoms with Crippen molar-refractivity contribution < 1.29 is 22.7 Å². The lowest BCUT2D eigenvalue weighted by atomic mass is 10.0. The van der Waals surface area contributed by atoms with Gasteiger partial charge >= 0.3 is 6.03 Å². The van der Waals surface area contributed by atoms with E-state index in [0.29, 0.717) is 22.5 Å². The van der Waals surface area contributed by atoms with Crippen molar-refractivity contribution in [3.05, 3.63) is 88.9 Å². The van der Waals surface area contributed by atoms with Crippen molar-refractivity contribution in [2.45, 2.75) is 24.3 Å². The first-order valence-corrected chi connectivity index (χ1v) is 13.1. The molecule has 184 valence electrons. The largest absolute Gasteiger partial charge is 0.497 e. The minimum atomic E-state index is -4.17. The van der Waals surface area contributed by atoms with Crippen LogP contribution < -0.4 is 19.7 Å². The zero-order valence-corrected chi connectivity index (χ0v) is 21.7. The van der Waals surface area contributed by atoms with Crippen LogP contribution in [-0.2, 0) is 21.2 Å². The van der Waals surface area contributed by atoms with Crippen LogP contribution in [0.15, 0.2) is 88.2 Å². The van der Waals surface area contributed by atoms with E-state index >= 15 is 0 Å². The van der Waals surface area contributed by atoms with Crippen molar-refractivity contribution in [1.29, 1.82) is 0 Å². The molecule has 0 spiro atoms. The van der Waals surface area contributed by atoms with Crippen molar-refractivity contribution in [1.82, 2.24) is 10.0 Å². The molecule has 0 bridgehead atoms. The smallest absolute Gasteiger partial charge is 0.329 e. The summed E-state index contributed by atoms with van der Waals surface area (Å²) in [5.74, 6) is 0.267. The topological polar surface area (TPSA) is 105 Å². The molecule has 0 aromatic heterocycles. The summed E-state index contributed by atoms with van der Waals surface area (Å²) in [7, 11) is -2.61. The summed E-state index contributed by atoms with van der Waals surface area (Å²) in [5.41, 5.74) is 1.44. The maximum Gasteiger partial charge on any atom is 0.329 e. The molecule has 1 atom stereocenters. The lowest BCUT2D eigenvalue weighted by Crippen LogP contribution is -2.53. The number of nitrogens with one attached hydrogen (secondary N) is 2. The van der Waals surface area contributed by atoms with Gasteiger partial charge in [-0.05, 0) is 64.8 Å². The van der Waals surface area contributed by atoms with Crippen LogP contribution in [0.4, 0.5) is 10.5 Å². The fourth-order valence-electron chi connectivity index (χ4n) is 3.49. The molecular weight excluding hydrogens is 534 g/mol. The third-order valence-corrected chi connectivity index (χ3v) is 7.55. The Morgan fingerprint density at radius 3 is 2.20 bits per heavy atom. The molecule has 0 fully saturated rings. The van der Waals surface area contributed by atoms with Gasteiger partial charge in [0.15, 0.2) is 0 Å². The third-order valence-electron chi connectivity index (χ3n) is 5.21. The van der Waals surface area contributed by atoms with Crippen LogP contribution in [0.3, 0.4) is 0 Å². The van der Waals surface area contributed by atoms with Gasteiger partial charge in [-0.25, -0.2) is 17.9 Å². The number of likely N-dealkylation sites (N-methyl/N-ethyl adjacent to an activating group) is 1. The van der Waals surface area contributed by atoms with Gasteiger partial charge in [-0.1, -0.05) is 42.5 Å². The van der Waals surface area contributed by atoms with E-state index in [1.165, 1.54) is 11.0 Å². The Hall–Kier alpha value is -3.37. The number of urea groups is 1. The Kier molecular flexibility index (Phi) is 8.89. The summed E-state index contributed by atoms with van der Waals surface area (Å²) in [6, 6.07) is 20.3. The Morgan fingerprint density at radius 1 is 0.971 bits per heavy atom. The van der Waals surface area contributed by atoms with E-state index in [2.05, 4.69) is 21.2 Å². The van der Waals surface area contributed by atoms with Gasteiger partial charge in [0.1, 0.15) is 16.7 Å². The molecule has 1 unspecified atom stereocenters. The Balaban J connectivity index is 1.85. The fourth-order valence-corrected chi connectivity index (χ4v) is 5.41. The Labute approximate surface area is 213 Å². The quantitative estimate of drug-likeness (QED) is 0.410. The van der Waals surface area contributed by atoms with Crippen LogP contribution >= 0.6 is 15.9 Å². The van der Waals surface area contributed by atoms with E-state index in [1.807, 2.05) is 42.0 Å². The number of rotatable bonds is 9. The van der Waals surface area contributed by atoms with Gasteiger partial charge in [0, 0.05) is 23.1 Å². The number of ether oxygens (including phenoxy) is 1. The second-order valence-corrected chi connectivity index (χ2v) is 10.0. The summed E-state index contributed by atoms with van der Waals surface area (Å²) < 4.78 is 33.0. The second-order valence-electron chi connectivity index (χ2n) is 7.53. The molecule has 35 heavy (non-hydrogen) atoms. The first-order chi connectivity index (χ1) is 16.7. The highest BCUT2D eigenvalue weighted by molar-refractivity contribution is 9.10. The predicted octanol–water partition coefficient (Wildman–Crippen LogP) is 4.11. The van der Waals surface area contributed by atoms with Gasteiger partial charge in [0.25, 0.3) is 10.0 Å². The van der Waals surface area contributed by atoms with Gasteiger partial charge in [0.2, 0.25) is 5.91 Å². The molecule has 0 saturated carbocycles. The summed E-state index contributed by atoms with van der Waals surface area (Å²) in [4.78, 5) is 27.8. The van der Waals surface area contributed by atoms with Crippen molar-refractivity contribution in [3.8, 4) is 5.75 Å². The molecule has 0 aliphatic rings. The maximum atomic E-state index is 13.6. The summed E-state index contributed by atoms with van der Waals surface area (Å²) in [6.07, 6.45) is 0.175. The molecule has 2 N–H and O–H groups in total. The summed E-state index contributed by atoms with van der Waals surface area (Å²) in [5, 5.41) is 2.56. The fraction of sp³-hybridized carbons (Fsp3) is 0.200. The molecule has 8 nitrogen and oxygen atoms in total. The van der Waals surface area contributed by atoms with Crippen LogP contribution in [0.25, 0.3) is 0 Å². The van der Waals surface area contributed by atoms with Gasteiger partial charge in [-0.15, -0.1) is 0 Å². The maximum absolute atomic E-state index is 13.6. The molecule has 10 heteroatoms. The SMILES string of the molecule is CCN(C(=O)C(Cc1ccccc1)NC(=O)NS(=O)(=O)c1ccccc1Br)c1ccc(OC)cc1. The second kappa shape index (κ2) is 11.9. The molecule has 3 aromatic carbocycles. The molecule has 3 amide bonds. The molecule has 0 radical (unpaired) electrons. The average Bonchev–Trinajstić information content (AvgIpc) is 2.85. The number of halogens is 1. The van der Waals surface area contributed by atoms with E-state index in [0.717, 1.165) is 5.56 Å². The zero-order valence-electron chi connectivity index (χ0n) is 19.3. The predicted molar refractivity (Wildman–Crippen MR) is 138 cm³/mol. The van der Waals surface area contributed by atoms with E-state index in [9.17, 15) is 18.0 Å². The number of benzene rings is 3. The third kappa shape index (κ3) is 6.83. The number of sulfonamides is 1. The highest BCUT2D eigenvalue weighted by Gasteiger charge is 2.29. The molecule has 0 aliphatic heterocycles.